The number of aromatic nitrogens is 1. The van der Waals surface area contributed by atoms with E-state index in [0.717, 1.165) is 37.2 Å². The highest BCUT2D eigenvalue weighted by Crippen LogP contribution is 2.43. The van der Waals surface area contributed by atoms with Gasteiger partial charge in [0.2, 0.25) is 0 Å². The second kappa shape index (κ2) is 8.15. The minimum atomic E-state index is -0.883. The van der Waals surface area contributed by atoms with Crippen molar-refractivity contribution in [2.45, 2.75) is 51.6 Å². The molecule has 0 radical (unpaired) electrons. The van der Waals surface area contributed by atoms with Crippen LogP contribution in [0.1, 0.15) is 59.7 Å². The number of hydrogen-bond donors (Lipinski definition) is 2. The van der Waals surface area contributed by atoms with E-state index in [9.17, 15) is 9.90 Å². The molecule has 2 heterocycles. The van der Waals surface area contributed by atoms with Gasteiger partial charge in [-0.3, -0.25) is 4.90 Å². The molecule has 0 amide bonds. The van der Waals surface area contributed by atoms with Gasteiger partial charge in [-0.15, -0.1) is 0 Å². The van der Waals surface area contributed by atoms with E-state index >= 15 is 0 Å². The summed E-state index contributed by atoms with van der Waals surface area (Å²) in [5.41, 5.74) is 4.98. The fourth-order valence-corrected chi connectivity index (χ4v) is 5.15. The molecule has 0 aliphatic carbocycles. The number of H-pyrrole nitrogens is 1. The third-order valence-electron chi connectivity index (χ3n) is 6.81. The first kappa shape index (κ1) is 20.5. The van der Waals surface area contributed by atoms with Gasteiger partial charge in [0.1, 0.15) is 5.75 Å². The average molecular weight is 407 g/mol. The van der Waals surface area contributed by atoms with Gasteiger partial charge in [0.25, 0.3) is 0 Å². The van der Waals surface area contributed by atoms with Crippen molar-refractivity contribution in [2.75, 3.05) is 13.7 Å². The van der Waals surface area contributed by atoms with Gasteiger partial charge in [0.15, 0.2) is 0 Å². The van der Waals surface area contributed by atoms with Crippen LogP contribution in [0.25, 0.3) is 10.9 Å². The number of nitrogens with zero attached hydrogens (tertiary/aromatic N) is 1. The van der Waals surface area contributed by atoms with E-state index in [1.165, 1.54) is 34.9 Å². The van der Waals surface area contributed by atoms with Gasteiger partial charge >= 0.3 is 5.97 Å². The Morgan fingerprint density at radius 1 is 1.23 bits per heavy atom. The van der Waals surface area contributed by atoms with Crippen molar-refractivity contribution in [1.82, 2.24) is 9.88 Å². The quantitative estimate of drug-likeness (QED) is 0.569. The molecule has 0 bridgehead atoms. The molecular formula is C25H30N2O3. The number of likely N-dealkylation sites (tertiary alicyclic amines) is 1. The van der Waals surface area contributed by atoms with Gasteiger partial charge in [0, 0.05) is 34.7 Å². The number of methoxy groups -OCH3 is 1. The summed E-state index contributed by atoms with van der Waals surface area (Å²) in [6.45, 7) is 6.15. The van der Waals surface area contributed by atoms with Crippen molar-refractivity contribution in [3.63, 3.8) is 0 Å². The first-order chi connectivity index (χ1) is 14.5. The molecule has 1 fully saturated rings. The van der Waals surface area contributed by atoms with Crippen LogP contribution in [0.2, 0.25) is 0 Å². The first-order valence-electron chi connectivity index (χ1n) is 10.7. The maximum absolute atomic E-state index is 11.3. The van der Waals surface area contributed by atoms with Crippen LogP contribution in [0.4, 0.5) is 0 Å². The van der Waals surface area contributed by atoms with Crippen LogP contribution in [0.15, 0.2) is 42.6 Å². The Kier molecular flexibility index (Phi) is 5.56. The molecule has 5 nitrogen and oxygen atoms in total. The molecular weight excluding hydrogens is 376 g/mol. The Morgan fingerprint density at radius 2 is 2.00 bits per heavy atom. The molecule has 4 rings (SSSR count). The second-order valence-corrected chi connectivity index (χ2v) is 8.29. The lowest BCUT2D eigenvalue weighted by molar-refractivity contribution is 0.0314. The number of aryl methyl sites for hydroxylation is 1. The summed E-state index contributed by atoms with van der Waals surface area (Å²) in [6, 6.07) is 11.7. The van der Waals surface area contributed by atoms with E-state index in [0.29, 0.717) is 5.56 Å². The number of piperidine rings is 1. The zero-order valence-electron chi connectivity index (χ0n) is 18.0. The summed E-state index contributed by atoms with van der Waals surface area (Å²) in [6.07, 6.45) is 6.38. The molecule has 5 heteroatoms. The highest BCUT2D eigenvalue weighted by molar-refractivity contribution is 5.88. The highest BCUT2D eigenvalue weighted by Gasteiger charge is 2.39. The number of carboxylic acid groups (broad SMARTS) is 1. The second-order valence-electron chi connectivity index (χ2n) is 8.29. The van der Waals surface area contributed by atoms with E-state index in [1.54, 1.807) is 19.2 Å². The van der Waals surface area contributed by atoms with E-state index < -0.39 is 5.97 Å². The Balaban J connectivity index is 1.77. The number of aromatic amines is 1. The van der Waals surface area contributed by atoms with Gasteiger partial charge in [-0.2, -0.15) is 0 Å². The minimum Gasteiger partial charge on any atom is -0.496 e. The third-order valence-corrected chi connectivity index (χ3v) is 6.81. The molecule has 1 atom stereocenters. The number of aromatic carboxylic acids is 1. The normalized spacial score (nSPS) is 19.8. The number of rotatable bonds is 6. The Morgan fingerprint density at radius 3 is 2.67 bits per heavy atom. The van der Waals surface area contributed by atoms with Gasteiger partial charge in [0.05, 0.1) is 12.7 Å². The smallest absolute Gasteiger partial charge is 0.335 e. The minimum absolute atomic E-state index is 0.103. The van der Waals surface area contributed by atoms with Gasteiger partial charge in [-0.25, -0.2) is 4.79 Å². The fourth-order valence-electron chi connectivity index (χ4n) is 5.15. The van der Waals surface area contributed by atoms with Crippen molar-refractivity contribution in [1.29, 1.82) is 0 Å². The Hall–Kier alpha value is -2.79. The number of fused-ring (bicyclic) bond motifs is 1. The summed E-state index contributed by atoms with van der Waals surface area (Å²) >= 11 is 0. The van der Waals surface area contributed by atoms with Gasteiger partial charge < -0.3 is 14.8 Å². The molecule has 0 spiro atoms. The lowest BCUT2D eigenvalue weighted by atomic mass is 9.77. The standard InChI is InChI=1S/C25H30N2O3/c1-4-25(19-9-7-18(8-10-19)24(28)29)12-5-6-14-27(25)16-21-20-11-13-26-23(20)17(2)15-22(21)30-3/h7-11,13,15,26H,4-6,12,14,16H2,1-3H3,(H,28,29). The summed E-state index contributed by atoms with van der Waals surface area (Å²) in [7, 11) is 1.74. The molecule has 0 saturated carbocycles. The summed E-state index contributed by atoms with van der Waals surface area (Å²) in [4.78, 5) is 17.3. The highest BCUT2D eigenvalue weighted by atomic mass is 16.5. The summed E-state index contributed by atoms with van der Waals surface area (Å²) in [5.74, 6) is 0.0447. The number of carbonyl (C=O) groups is 1. The fraction of sp³-hybridized carbons (Fsp3) is 0.400. The largest absolute Gasteiger partial charge is 0.496 e. The molecule has 2 N–H and O–H groups in total. The number of carboxylic acids is 1. The SMILES string of the molecule is CCC1(c2ccc(C(=O)O)cc2)CCCCN1Cc1c(OC)cc(C)c2[nH]ccc12. The predicted molar refractivity (Wildman–Crippen MR) is 119 cm³/mol. The van der Waals surface area contributed by atoms with Crippen LogP contribution in [0.5, 0.6) is 5.75 Å². The maximum Gasteiger partial charge on any atom is 0.335 e. The van der Waals surface area contributed by atoms with Crippen LogP contribution in [0.3, 0.4) is 0 Å². The zero-order chi connectivity index (χ0) is 21.3. The van der Waals surface area contributed by atoms with Crippen molar-refractivity contribution < 1.29 is 14.6 Å². The summed E-state index contributed by atoms with van der Waals surface area (Å²) < 4.78 is 5.79. The number of benzene rings is 2. The van der Waals surface area contributed by atoms with Crippen molar-refractivity contribution in [3.05, 3.63) is 64.8 Å². The molecule has 1 saturated heterocycles. The van der Waals surface area contributed by atoms with Gasteiger partial charge in [-0.1, -0.05) is 19.1 Å². The Labute approximate surface area is 177 Å². The van der Waals surface area contributed by atoms with E-state index in [1.807, 2.05) is 18.3 Å². The van der Waals surface area contributed by atoms with Crippen LogP contribution in [-0.4, -0.2) is 34.6 Å². The molecule has 1 aromatic heterocycles. The van der Waals surface area contributed by atoms with E-state index in [-0.39, 0.29) is 5.54 Å². The van der Waals surface area contributed by atoms with Crippen LogP contribution in [0, 0.1) is 6.92 Å². The van der Waals surface area contributed by atoms with Gasteiger partial charge in [-0.05, 0) is 74.5 Å². The number of hydrogen-bond acceptors (Lipinski definition) is 3. The lowest BCUT2D eigenvalue weighted by Gasteiger charge is -2.48. The van der Waals surface area contributed by atoms with Crippen LogP contribution in [-0.2, 0) is 12.1 Å². The van der Waals surface area contributed by atoms with Crippen LogP contribution >= 0.6 is 0 Å². The third kappa shape index (κ3) is 3.37. The van der Waals surface area contributed by atoms with Crippen molar-refractivity contribution in [3.8, 4) is 5.75 Å². The topological polar surface area (TPSA) is 65.6 Å². The molecule has 3 aromatic rings. The maximum atomic E-state index is 11.3. The number of nitrogens with one attached hydrogen (secondary N) is 1. The predicted octanol–water partition coefficient (Wildman–Crippen LogP) is 5.47. The lowest BCUT2D eigenvalue weighted by Crippen LogP contribution is -2.48. The first-order valence-corrected chi connectivity index (χ1v) is 10.7. The Bertz CT molecular complexity index is 1050. The van der Waals surface area contributed by atoms with E-state index in [4.69, 9.17) is 4.74 Å². The monoisotopic (exact) mass is 406 g/mol. The molecule has 30 heavy (non-hydrogen) atoms. The molecule has 1 aliphatic rings. The zero-order valence-corrected chi connectivity index (χ0v) is 18.0. The van der Waals surface area contributed by atoms with E-state index in [2.05, 4.69) is 35.9 Å². The van der Waals surface area contributed by atoms with Crippen molar-refractivity contribution in [2.24, 2.45) is 0 Å². The number of ether oxygens (including phenoxy) is 1. The van der Waals surface area contributed by atoms with Crippen molar-refractivity contribution >= 4 is 16.9 Å². The molecule has 158 valence electrons. The summed E-state index contributed by atoms with van der Waals surface area (Å²) in [5, 5.41) is 10.5. The average Bonchev–Trinajstić information content (AvgIpc) is 3.26. The molecule has 1 aliphatic heterocycles. The molecule has 1 unspecified atom stereocenters. The molecule has 2 aromatic carbocycles. The van der Waals surface area contributed by atoms with Crippen LogP contribution < -0.4 is 4.74 Å².